The van der Waals surface area contributed by atoms with Crippen LogP contribution in [0.5, 0.6) is 0 Å². The molecule has 2 aliphatic heterocycles. The summed E-state index contributed by atoms with van der Waals surface area (Å²) in [5.74, 6) is -0.300. The lowest BCUT2D eigenvalue weighted by Gasteiger charge is -2.26. The van der Waals surface area contributed by atoms with Crippen LogP contribution < -0.4 is 11.2 Å². The summed E-state index contributed by atoms with van der Waals surface area (Å²) in [5, 5.41) is 2.00. The van der Waals surface area contributed by atoms with Gasteiger partial charge in [-0.2, -0.15) is 0 Å². The van der Waals surface area contributed by atoms with Crippen molar-refractivity contribution in [1.29, 1.82) is 0 Å². The number of nitrogens with one attached hydrogen (secondary N) is 1. The average molecular weight is 410 g/mol. The van der Waals surface area contributed by atoms with Crippen LogP contribution in [-0.2, 0) is 17.7 Å². The zero-order valence-electron chi connectivity index (χ0n) is 17.3. The molecule has 2 aliphatic rings. The van der Waals surface area contributed by atoms with E-state index in [-0.39, 0.29) is 17.8 Å². The number of carbonyl (C=O) groups is 1. The molecule has 0 saturated heterocycles. The topological polar surface area (TPSA) is 70.8 Å². The van der Waals surface area contributed by atoms with Gasteiger partial charge in [0, 0.05) is 45.4 Å². The molecule has 158 valence electrons. The monoisotopic (exact) mass is 410 g/mol. The van der Waals surface area contributed by atoms with E-state index in [1.807, 2.05) is 30.3 Å². The highest BCUT2D eigenvalue weighted by Gasteiger charge is 2.33. The summed E-state index contributed by atoms with van der Waals surface area (Å²) in [4.78, 5) is 14.9. The lowest BCUT2D eigenvalue weighted by Crippen LogP contribution is -2.42. The van der Waals surface area contributed by atoms with Crippen LogP contribution in [0.3, 0.4) is 0 Å². The third-order valence-corrected chi connectivity index (χ3v) is 5.80. The third-order valence-electron chi connectivity index (χ3n) is 5.80. The molecule has 0 saturated carbocycles. The summed E-state index contributed by atoms with van der Waals surface area (Å²) < 4.78 is 18.9. The molecular weight excluding hydrogens is 383 g/mol. The average Bonchev–Trinajstić information content (AvgIpc) is 3.26. The molecule has 1 atom stereocenters. The Hall–Kier alpha value is -2.74. The predicted octanol–water partition coefficient (Wildman–Crippen LogP) is 2.16. The maximum atomic E-state index is 13.6. The minimum atomic E-state index is -0.279. The second-order valence-corrected chi connectivity index (χ2v) is 7.81. The van der Waals surface area contributed by atoms with E-state index in [2.05, 4.69) is 11.5 Å². The predicted molar refractivity (Wildman–Crippen MR) is 114 cm³/mol. The van der Waals surface area contributed by atoms with Gasteiger partial charge < -0.3 is 20.4 Å². The van der Waals surface area contributed by atoms with Crippen molar-refractivity contribution < 1.29 is 13.9 Å². The first-order valence-corrected chi connectivity index (χ1v) is 10.1. The number of hydrogen-bond acceptors (Lipinski definition) is 5. The van der Waals surface area contributed by atoms with Crippen LogP contribution >= 0.6 is 0 Å². The molecule has 1 amide bonds. The number of nitrogens with two attached hydrogens (primary N) is 1. The molecule has 7 heteroatoms. The Morgan fingerprint density at radius 2 is 2.10 bits per heavy atom. The van der Waals surface area contributed by atoms with Crippen LogP contribution in [-0.4, -0.2) is 55.7 Å². The zero-order valence-corrected chi connectivity index (χ0v) is 17.3. The lowest BCUT2D eigenvalue weighted by molar-refractivity contribution is 0.0708. The summed E-state index contributed by atoms with van der Waals surface area (Å²) in [6.07, 6.45) is 0.524. The van der Waals surface area contributed by atoms with Gasteiger partial charge in [-0.15, -0.1) is 0 Å². The minimum absolute atomic E-state index is 0.0209. The Kier molecular flexibility index (Phi) is 5.85. The maximum Gasteiger partial charge on any atom is 0.254 e. The SMILES string of the molecule is COCC1=C(c2ccc3c(c2)CN([C@H](CN)Cc2cccc(F)c2)C3=O)N(C)NC1. The fraction of sp³-hybridized carbons (Fsp3) is 0.348. The van der Waals surface area contributed by atoms with Gasteiger partial charge in [0.2, 0.25) is 0 Å². The Morgan fingerprint density at radius 1 is 1.27 bits per heavy atom. The van der Waals surface area contributed by atoms with Crippen molar-refractivity contribution in [2.24, 2.45) is 5.73 Å². The second-order valence-electron chi connectivity index (χ2n) is 7.81. The fourth-order valence-electron chi connectivity index (χ4n) is 4.35. The van der Waals surface area contributed by atoms with E-state index in [9.17, 15) is 9.18 Å². The van der Waals surface area contributed by atoms with Gasteiger partial charge in [-0.1, -0.05) is 18.2 Å². The van der Waals surface area contributed by atoms with Crippen molar-refractivity contribution in [2.75, 3.05) is 33.9 Å². The summed E-state index contributed by atoms with van der Waals surface area (Å²) in [6, 6.07) is 12.2. The van der Waals surface area contributed by atoms with Gasteiger partial charge in [0.15, 0.2) is 0 Å². The highest BCUT2D eigenvalue weighted by atomic mass is 19.1. The van der Waals surface area contributed by atoms with Gasteiger partial charge in [0.05, 0.1) is 12.3 Å². The first-order valence-electron chi connectivity index (χ1n) is 10.1. The molecule has 0 aliphatic carbocycles. The van der Waals surface area contributed by atoms with Crippen molar-refractivity contribution in [1.82, 2.24) is 15.3 Å². The minimum Gasteiger partial charge on any atom is -0.380 e. The quantitative estimate of drug-likeness (QED) is 0.732. The Balaban J connectivity index is 1.59. The number of nitrogens with zero attached hydrogens (tertiary/aromatic N) is 2. The van der Waals surface area contributed by atoms with Gasteiger partial charge >= 0.3 is 0 Å². The first kappa shape index (κ1) is 20.5. The molecule has 30 heavy (non-hydrogen) atoms. The van der Waals surface area contributed by atoms with Crippen molar-refractivity contribution in [3.05, 3.63) is 76.1 Å². The zero-order chi connectivity index (χ0) is 21.3. The number of benzene rings is 2. The lowest BCUT2D eigenvalue weighted by atomic mass is 10.0. The van der Waals surface area contributed by atoms with Crippen LogP contribution in [0, 0.1) is 5.82 Å². The Morgan fingerprint density at radius 3 is 2.83 bits per heavy atom. The highest BCUT2D eigenvalue weighted by molar-refractivity contribution is 5.99. The smallest absolute Gasteiger partial charge is 0.254 e. The van der Waals surface area contributed by atoms with Gasteiger partial charge in [-0.3, -0.25) is 4.79 Å². The highest BCUT2D eigenvalue weighted by Crippen LogP contribution is 2.31. The van der Waals surface area contributed by atoms with Crippen molar-refractivity contribution in [3.8, 4) is 0 Å². The first-order chi connectivity index (χ1) is 14.5. The van der Waals surface area contributed by atoms with Crippen LogP contribution in [0.25, 0.3) is 5.70 Å². The molecule has 0 aromatic heterocycles. The van der Waals surface area contributed by atoms with Crippen molar-refractivity contribution in [2.45, 2.75) is 19.0 Å². The molecule has 0 spiro atoms. The van der Waals surface area contributed by atoms with Crippen LogP contribution in [0.15, 0.2) is 48.0 Å². The largest absolute Gasteiger partial charge is 0.380 e. The number of hydrazine groups is 1. The molecule has 2 heterocycles. The molecule has 0 unspecified atom stereocenters. The molecule has 0 radical (unpaired) electrons. The van der Waals surface area contributed by atoms with E-state index in [4.69, 9.17) is 10.5 Å². The number of fused-ring (bicyclic) bond motifs is 1. The van der Waals surface area contributed by atoms with Crippen LogP contribution in [0.2, 0.25) is 0 Å². The van der Waals surface area contributed by atoms with E-state index >= 15 is 0 Å². The second kappa shape index (κ2) is 8.55. The summed E-state index contributed by atoms with van der Waals surface area (Å²) in [7, 11) is 3.67. The van der Waals surface area contributed by atoms with Crippen molar-refractivity contribution >= 4 is 11.6 Å². The van der Waals surface area contributed by atoms with Gasteiger partial charge in [-0.25, -0.2) is 9.82 Å². The maximum absolute atomic E-state index is 13.6. The van der Waals surface area contributed by atoms with Crippen molar-refractivity contribution in [3.63, 3.8) is 0 Å². The molecule has 3 N–H and O–H groups in total. The summed E-state index contributed by atoms with van der Waals surface area (Å²) in [6.45, 7) is 2.12. The van der Waals surface area contributed by atoms with E-state index in [1.54, 1.807) is 18.1 Å². The van der Waals surface area contributed by atoms with Crippen LogP contribution in [0.1, 0.15) is 27.0 Å². The Bertz CT molecular complexity index is 991. The molecular formula is C23H27FN4O2. The molecule has 2 aromatic rings. The van der Waals surface area contributed by atoms with E-state index in [0.717, 1.165) is 28.9 Å². The van der Waals surface area contributed by atoms with Gasteiger partial charge in [-0.05, 0) is 52.9 Å². The normalized spacial score (nSPS) is 17.1. The molecule has 0 fully saturated rings. The summed E-state index contributed by atoms with van der Waals surface area (Å²) >= 11 is 0. The standard InChI is InChI=1S/C23H27FN4O2/c1-27-22(18(12-26-27)14-30-2)16-6-7-21-17(10-16)13-28(23(21)29)20(11-25)9-15-4-3-5-19(24)8-15/h3-8,10,20,26H,9,11-14,25H2,1-2H3/t20-/m0/s1. The summed E-state index contributed by atoms with van der Waals surface area (Å²) in [5.41, 5.74) is 15.2. The third kappa shape index (κ3) is 3.84. The number of carbonyl (C=O) groups excluding carboxylic acids is 1. The van der Waals surface area contributed by atoms with Gasteiger partial charge in [0.25, 0.3) is 5.91 Å². The number of hydrogen-bond donors (Lipinski definition) is 2. The Labute approximate surface area is 176 Å². The van der Waals surface area contributed by atoms with Gasteiger partial charge in [0.1, 0.15) is 5.82 Å². The number of ether oxygens (including phenoxy) is 1. The number of amides is 1. The molecule has 6 nitrogen and oxygen atoms in total. The molecule has 2 aromatic carbocycles. The van der Waals surface area contributed by atoms with Crippen LogP contribution in [0.4, 0.5) is 4.39 Å². The van der Waals surface area contributed by atoms with E-state index in [1.165, 1.54) is 17.7 Å². The molecule has 0 bridgehead atoms. The molecule has 4 rings (SSSR count). The number of halogens is 1. The van der Waals surface area contributed by atoms with E-state index in [0.29, 0.717) is 31.7 Å². The number of methoxy groups -OCH3 is 1. The van der Waals surface area contributed by atoms with E-state index < -0.39 is 0 Å². The fourth-order valence-corrected chi connectivity index (χ4v) is 4.35. The number of rotatable bonds is 7.